The van der Waals surface area contributed by atoms with Crippen molar-refractivity contribution in [3.05, 3.63) is 88.1 Å². The van der Waals surface area contributed by atoms with Crippen molar-refractivity contribution < 1.29 is 19.1 Å². The zero-order chi connectivity index (χ0) is 24.9. The Kier molecular flexibility index (Phi) is 7.60. The minimum atomic E-state index is -0.454. The van der Waals surface area contributed by atoms with Crippen molar-refractivity contribution in [3.63, 3.8) is 0 Å². The molecule has 0 bridgehead atoms. The first kappa shape index (κ1) is 24.6. The Hall–Kier alpha value is -3.52. The molecule has 0 aliphatic carbocycles. The van der Waals surface area contributed by atoms with Gasteiger partial charge in [0.2, 0.25) is 5.91 Å². The smallest absolute Gasteiger partial charge is 0.338 e. The SMILES string of the molecule is CCC1=C(C(=O)OC)[C@@H](c2ccc(OC)cc2)N2C(CC(=O)N(C)Cc3ccccc3)=CSC2=N1. The average Bonchev–Trinajstić information content (AvgIpc) is 3.29. The fourth-order valence-corrected chi connectivity index (χ4v) is 5.19. The first-order valence-electron chi connectivity index (χ1n) is 11.4. The monoisotopic (exact) mass is 491 g/mol. The van der Waals surface area contributed by atoms with Gasteiger partial charge < -0.3 is 19.3 Å². The molecule has 182 valence electrons. The summed E-state index contributed by atoms with van der Waals surface area (Å²) in [7, 11) is 4.80. The van der Waals surface area contributed by atoms with Crippen molar-refractivity contribution in [1.82, 2.24) is 9.80 Å². The number of amides is 1. The first-order valence-corrected chi connectivity index (χ1v) is 12.3. The molecule has 4 rings (SSSR count). The molecule has 0 spiro atoms. The van der Waals surface area contributed by atoms with E-state index in [-0.39, 0.29) is 12.3 Å². The summed E-state index contributed by atoms with van der Waals surface area (Å²) in [6.07, 6.45) is 0.779. The Morgan fingerprint density at radius 2 is 1.80 bits per heavy atom. The summed E-state index contributed by atoms with van der Waals surface area (Å²) in [6, 6.07) is 17.0. The number of thioether (sulfide) groups is 1. The minimum absolute atomic E-state index is 0.0136. The average molecular weight is 492 g/mol. The van der Waals surface area contributed by atoms with E-state index in [0.717, 1.165) is 27.7 Å². The number of fused-ring (bicyclic) bond motifs is 1. The molecule has 35 heavy (non-hydrogen) atoms. The van der Waals surface area contributed by atoms with Gasteiger partial charge in [0, 0.05) is 19.3 Å². The maximum Gasteiger partial charge on any atom is 0.338 e. The number of aliphatic imine (C=N–C) groups is 1. The van der Waals surface area contributed by atoms with Crippen molar-refractivity contribution in [2.24, 2.45) is 4.99 Å². The number of carbonyl (C=O) groups excluding carboxylic acids is 2. The van der Waals surface area contributed by atoms with E-state index in [2.05, 4.69) is 0 Å². The van der Waals surface area contributed by atoms with E-state index in [0.29, 0.717) is 24.2 Å². The lowest BCUT2D eigenvalue weighted by Crippen LogP contribution is -2.38. The molecule has 2 aliphatic heterocycles. The van der Waals surface area contributed by atoms with Gasteiger partial charge in [-0.1, -0.05) is 61.2 Å². The molecule has 2 aromatic rings. The van der Waals surface area contributed by atoms with E-state index < -0.39 is 12.0 Å². The molecular weight excluding hydrogens is 462 g/mol. The molecule has 1 atom stereocenters. The molecule has 0 N–H and O–H groups in total. The van der Waals surface area contributed by atoms with Crippen LogP contribution in [-0.4, -0.2) is 48.1 Å². The molecule has 2 heterocycles. The van der Waals surface area contributed by atoms with Crippen molar-refractivity contribution in [1.29, 1.82) is 0 Å². The number of methoxy groups -OCH3 is 2. The molecule has 1 amide bonds. The topological polar surface area (TPSA) is 71.4 Å². The number of benzene rings is 2. The van der Waals surface area contributed by atoms with Crippen molar-refractivity contribution in [2.45, 2.75) is 32.4 Å². The lowest BCUT2D eigenvalue weighted by atomic mass is 9.92. The van der Waals surface area contributed by atoms with Gasteiger partial charge in [0.25, 0.3) is 0 Å². The van der Waals surface area contributed by atoms with Crippen LogP contribution in [0.3, 0.4) is 0 Å². The summed E-state index contributed by atoms with van der Waals surface area (Å²) < 4.78 is 10.5. The van der Waals surface area contributed by atoms with Crippen LogP contribution in [0.1, 0.15) is 36.9 Å². The van der Waals surface area contributed by atoms with Gasteiger partial charge >= 0.3 is 5.97 Å². The third-order valence-electron chi connectivity index (χ3n) is 6.08. The standard InChI is InChI=1S/C27H29N3O4S/c1-5-22-24(26(32)34-4)25(19-11-13-21(33-3)14-12-19)30-20(17-35-27(30)28-22)15-23(31)29(2)16-18-9-7-6-8-10-18/h6-14,17,25H,5,15-16H2,1-4H3/t25-/m1/s1. The van der Waals surface area contributed by atoms with E-state index in [9.17, 15) is 9.59 Å². The number of rotatable bonds is 8. The van der Waals surface area contributed by atoms with E-state index in [1.54, 1.807) is 19.1 Å². The van der Waals surface area contributed by atoms with Crippen LogP contribution in [0.25, 0.3) is 0 Å². The second kappa shape index (κ2) is 10.8. The normalized spacial score (nSPS) is 16.9. The minimum Gasteiger partial charge on any atom is -0.497 e. The number of hydrogen-bond donors (Lipinski definition) is 0. The number of esters is 1. The Morgan fingerprint density at radius 3 is 2.43 bits per heavy atom. The Labute approximate surface area is 210 Å². The van der Waals surface area contributed by atoms with Crippen LogP contribution >= 0.6 is 11.8 Å². The highest BCUT2D eigenvalue weighted by Crippen LogP contribution is 2.45. The van der Waals surface area contributed by atoms with Gasteiger partial charge in [0.05, 0.1) is 38.0 Å². The van der Waals surface area contributed by atoms with Crippen molar-refractivity contribution in [2.75, 3.05) is 21.3 Å². The molecule has 2 aliphatic rings. The maximum atomic E-state index is 13.2. The van der Waals surface area contributed by atoms with Gasteiger partial charge in [0.15, 0.2) is 5.17 Å². The second-order valence-electron chi connectivity index (χ2n) is 8.28. The Bertz CT molecular complexity index is 1190. The first-order chi connectivity index (χ1) is 17.0. The summed E-state index contributed by atoms with van der Waals surface area (Å²) in [5.41, 5.74) is 3.94. The van der Waals surface area contributed by atoms with E-state index in [1.807, 2.05) is 71.8 Å². The van der Waals surface area contributed by atoms with E-state index >= 15 is 0 Å². The van der Waals surface area contributed by atoms with Gasteiger partial charge in [0.1, 0.15) is 5.75 Å². The van der Waals surface area contributed by atoms with Gasteiger partial charge in [-0.3, -0.25) is 4.79 Å². The predicted molar refractivity (Wildman–Crippen MR) is 138 cm³/mol. The molecule has 7 nitrogen and oxygen atoms in total. The quantitative estimate of drug-likeness (QED) is 0.490. The Balaban J connectivity index is 1.66. The van der Waals surface area contributed by atoms with Gasteiger partial charge in [-0.15, -0.1) is 0 Å². The molecule has 0 radical (unpaired) electrons. The highest BCUT2D eigenvalue weighted by molar-refractivity contribution is 8.16. The van der Waals surface area contributed by atoms with Gasteiger partial charge in [-0.25, -0.2) is 9.79 Å². The van der Waals surface area contributed by atoms with Crippen LogP contribution in [0.15, 0.2) is 82.0 Å². The largest absolute Gasteiger partial charge is 0.497 e. The number of carbonyl (C=O) groups is 2. The molecule has 0 unspecified atom stereocenters. The number of amidine groups is 1. The van der Waals surface area contributed by atoms with Crippen molar-refractivity contribution in [3.8, 4) is 5.75 Å². The molecule has 0 fully saturated rings. The maximum absolute atomic E-state index is 13.2. The van der Waals surface area contributed by atoms with E-state index in [4.69, 9.17) is 14.5 Å². The van der Waals surface area contributed by atoms with Crippen molar-refractivity contribution >= 4 is 28.8 Å². The third-order valence-corrected chi connectivity index (χ3v) is 6.97. The van der Waals surface area contributed by atoms with Crippen LogP contribution in [-0.2, 0) is 20.9 Å². The fraction of sp³-hybridized carbons (Fsp3) is 0.296. The molecular formula is C27H29N3O4S. The molecule has 0 saturated heterocycles. The highest BCUT2D eigenvalue weighted by atomic mass is 32.2. The summed E-state index contributed by atoms with van der Waals surface area (Å²) in [5, 5.41) is 2.71. The van der Waals surface area contributed by atoms with E-state index in [1.165, 1.54) is 18.9 Å². The number of hydrogen-bond acceptors (Lipinski definition) is 7. The molecule has 0 saturated carbocycles. The summed E-state index contributed by atoms with van der Waals surface area (Å²) >= 11 is 1.47. The summed E-state index contributed by atoms with van der Waals surface area (Å²) in [6.45, 7) is 2.50. The third kappa shape index (κ3) is 5.12. The fourth-order valence-electron chi connectivity index (χ4n) is 4.25. The predicted octanol–water partition coefficient (Wildman–Crippen LogP) is 4.88. The lowest BCUT2D eigenvalue weighted by Gasteiger charge is -2.36. The zero-order valence-corrected chi connectivity index (χ0v) is 21.2. The van der Waals surface area contributed by atoms with Crippen LogP contribution in [0.4, 0.5) is 0 Å². The second-order valence-corrected chi connectivity index (χ2v) is 9.12. The van der Waals surface area contributed by atoms with Gasteiger partial charge in [-0.2, -0.15) is 0 Å². The van der Waals surface area contributed by atoms with Gasteiger partial charge in [-0.05, 0) is 35.1 Å². The molecule has 2 aromatic carbocycles. The van der Waals surface area contributed by atoms with Crippen LogP contribution < -0.4 is 4.74 Å². The zero-order valence-electron chi connectivity index (χ0n) is 20.4. The summed E-state index contributed by atoms with van der Waals surface area (Å²) in [4.78, 5) is 34.6. The molecule has 8 heteroatoms. The van der Waals surface area contributed by atoms with Crippen LogP contribution in [0, 0.1) is 0 Å². The Morgan fingerprint density at radius 1 is 1.09 bits per heavy atom. The number of nitrogens with zero attached hydrogens (tertiary/aromatic N) is 3. The van der Waals surface area contributed by atoms with Crippen LogP contribution in [0.5, 0.6) is 5.75 Å². The lowest BCUT2D eigenvalue weighted by molar-refractivity contribution is -0.136. The number of ether oxygens (including phenoxy) is 2. The molecule has 0 aromatic heterocycles. The number of allylic oxidation sites excluding steroid dienone is 1. The summed E-state index contributed by atoms with van der Waals surface area (Å²) in [5.74, 6) is 0.289. The highest BCUT2D eigenvalue weighted by Gasteiger charge is 2.41. The van der Waals surface area contributed by atoms with Crippen LogP contribution in [0.2, 0.25) is 0 Å².